The second kappa shape index (κ2) is 8.19. The molecule has 1 unspecified atom stereocenters. The predicted molar refractivity (Wildman–Crippen MR) is 107 cm³/mol. The molecule has 4 rings (SSSR count). The van der Waals surface area contributed by atoms with Crippen LogP contribution >= 0.6 is 0 Å². The van der Waals surface area contributed by atoms with Gasteiger partial charge in [-0.1, -0.05) is 0 Å². The lowest BCUT2D eigenvalue weighted by atomic mass is 9.73. The minimum Gasteiger partial charge on any atom is -0.342 e. The summed E-state index contributed by atoms with van der Waals surface area (Å²) in [5.74, 6) is 1.25. The van der Waals surface area contributed by atoms with Gasteiger partial charge in [0.2, 0.25) is 11.8 Å². The van der Waals surface area contributed by atoms with E-state index in [1.54, 1.807) is 12.4 Å². The highest BCUT2D eigenvalue weighted by Crippen LogP contribution is 2.40. The standard InChI is InChI=1S/C22H32N4O2/c1-24(13-19-6-10-23-11-7-19)15-21(28)25-12-2-8-22(16-25)9-5-20(27)26(17-22)14-18-3-4-18/h6-7,10-11,18H,2-5,8-9,12-17H2,1H3. The normalized spacial score (nSPS) is 25.6. The SMILES string of the molecule is CN(CC(=O)N1CCCC2(CCC(=O)N(CC3CC3)C2)C1)Cc1ccncc1. The summed E-state index contributed by atoms with van der Waals surface area (Å²) < 4.78 is 0. The van der Waals surface area contributed by atoms with Crippen molar-refractivity contribution in [1.29, 1.82) is 0 Å². The molecule has 3 heterocycles. The molecule has 1 aromatic heterocycles. The number of likely N-dealkylation sites (N-methyl/N-ethyl adjacent to an activating group) is 1. The number of hydrogen-bond donors (Lipinski definition) is 0. The number of piperidine rings is 2. The Morgan fingerprint density at radius 2 is 2.04 bits per heavy atom. The largest absolute Gasteiger partial charge is 0.342 e. The molecule has 0 bridgehead atoms. The monoisotopic (exact) mass is 384 g/mol. The zero-order chi connectivity index (χ0) is 19.6. The molecule has 0 N–H and O–H groups in total. The average Bonchev–Trinajstić information content (AvgIpc) is 3.50. The highest BCUT2D eigenvalue weighted by molar-refractivity contribution is 5.79. The molecule has 1 atom stereocenters. The van der Waals surface area contributed by atoms with Gasteiger partial charge in [0.1, 0.15) is 0 Å². The van der Waals surface area contributed by atoms with E-state index in [9.17, 15) is 9.59 Å². The second-order valence-corrected chi connectivity index (χ2v) is 9.16. The summed E-state index contributed by atoms with van der Waals surface area (Å²) >= 11 is 0. The molecule has 28 heavy (non-hydrogen) atoms. The van der Waals surface area contributed by atoms with E-state index in [1.165, 1.54) is 18.4 Å². The van der Waals surface area contributed by atoms with Crippen molar-refractivity contribution >= 4 is 11.8 Å². The maximum absolute atomic E-state index is 12.9. The highest BCUT2D eigenvalue weighted by Gasteiger charge is 2.43. The van der Waals surface area contributed by atoms with Crippen molar-refractivity contribution in [2.75, 3.05) is 39.8 Å². The van der Waals surface area contributed by atoms with Gasteiger partial charge in [0.05, 0.1) is 6.54 Å². The number of carbonyl (C=O) groups excluding carboxylic acids is 2. The van der Waals surface area contributed by atoms with Crippen LogP contribution in [0.5, 0.6) is 0 Å². The van der Waals surface area contributed by atoms with E-state index in [0.717, 1.165) is 57.9 Å². The Kier molecular flexibility index (Phi) is 5.67. The molecule has 2 amide bonds. The molecule has 0 aromatic carbocycles. The van der Waals surface area contributed by atoms with Crippen LogP contribution < -0.4 is 0 Å². The number of pyridine rings is 1. The van der Waals surface area contributed by atoms with E-state index >= 15 is 0 Å². The number of carbonyl (C=O) groups is 2. The minimum absolute atomic E-state index is 0.111. The van der Waals surface area contributed by atoms with Crippen LogP contribution in [0.2, 0.25) is 0 Å². The van der Waals surface area contributed by atoms with Crippen molar-refractivity contribution in [3.8, 4) is 0 Å². The van der Waals surface area contributed by atoms with Crippen molar-refractivity contribution in [2.45, 2.75) is 45.1 Å². The molecule has 0 radical (unpaired) electrons. The zero-order valence-electron chi connectivity index (χ0n) is 17.0. The second-order valence-electron chi connectivity index (χ2n) is 9.16. The summed E-state index contributed by atoms with van der Waals surface area (Å²) in [5.41, 5.74) is 1.28. The van der Waals surface area contributed by atoms with Crippen LogP contribution in [-0.2, 0) is 16.1 Å². The molecule has 2 saturated heterocycles. The van der Waals surface area contributed by atoms with Crippen LogP contribution in [0.25, 0.3) is 0 Å². The van der Waals surface area contributed by atoms with E-state index in [4.69, 9.17) is 0 Å². The fourth-order valence-electron chi connectivity index (χ4n) is 4.82. The van der Waals surface area contributed by atoms with Gasteiger partial charge in [-0.2, -0.15) is 0 Å². The van der Waals surface area contributed by atoms with Crippen LogP contribution in [0.3, 0.4) is 0 Å². The molecule has 1 aromatic rings. The van der Waals surface area contributed by atoms with Gasteiger partial charge in [-0.05, 0) is 62.8 Å². The topological polar surface area (TPSA) is 56.8 Å². The van der Waals surface area contributed by atoms with Crippen LogP contribution in [0.15, 0.2) is 24.5 Å². The first-order chi connectivity index (χ1) is 13.5. The third kappa shape index (κ3) is 4.72. The van der Waals surface area contributed by atoms with Gasteiger partial charge in [0.15, 0.2) is 0 Å². The molecular weight excluding hydrogens is 352 g/mol. The van der Waals surface area contributed by atoms with Crippen molar-refractivity contribution < 1.29 is 9.59 Å². The first-order valence-electron chi connectivity index (χ1n) is 10.7. The quantitative estimate of drug-likeness (QED) is 0.754. The molecule has 3 aliphatic rings. The highest BCUT2D eigenvalue weighted by atomic mass is 16.2. The Hall–Kier alpha value is -1.95. The number of amides is 2. The van der Waals surface area contributed by atoms with E-state index in [0.29, 0.717) is 18.9 Å². The summed E-state index contributed by atoms with van der Waals surface area (Å²) in [4.78, 5) is 35.6. The lowest BCUT2D eigenvalue weighted by Gasteiger charge is -2.48. The third-order valence-electron chi connectivity index (χ3n) is 6.54. The Balaban J connectivity index is 1.33. The van der Waals surface area contributed by atoms with Gasteiger partial charge in [-0.25, -0.2) is 0 Å². The van der Waals surface area contributed by atoms with E-state index in [1.807, 2.05) is 19.2 Å². The molecule has 1 saturated carbocycles. The fourth-order valence-corrected chi connectivity index (χ4v) is 4.82. The summed E-state index contributed by atoms with van der Waals surface area (Å²) in [5, 5.41) is 0. The Labute approximate surface area is 167 Å². The van der Waals surface area contributed by atoms with Gasteiger partial charge in [-0.3, -0.25) is 19.5 Å². The molecule has 1 spiro atoms. The smallest absolute Gasteiger partial charge is 0.236 e. The maximum atomic E-state index is 12.9. The van der Waals surface area contributed by atoms with Gasteiger partial charge in [0.25, 0.3) is 0 Å². The molecule has 1 aliphatic carbocycles. The minimum atomic E-state index is 0.111. The molecule has 6 nitrogen and oxygen atoms in total. The average molecular weight is 385 g/mol. The van der Waals surface area contributed by atoms with Crippen LogP contribution in [0.4, 0.5) is 0 Å². The summed E-state index contributed by atoms with van der Waals surface area (Å²) in [7, 11) is 1.99. The van der Waals surface area contributed by atoms with Crippen LogP contribution in [-0.4, -0.2) is 71.3 Å². The van der Waals surface area contributed by atoms with Crippen molar-refractivity contribution in [3.05, 3.63) is 30.1 Å². The third-order valence-corrected chi connectivity index (χ3v) is 6.54. The summed E-state index contributed by atoms with van der Waals surface area (Å²) in [6.45, 7) is 4.62. The lowest BCUT2D eigenvalue weighted by Crippen LogP contribution is -2.56. The molecule has 152 valence electrons. The van der Waals surface area contributed by atoms with Crippen molar-refractivity contribution in [3.63, 3.8) is 0 Å². The van der Waals surface area contributed by atoms with Gasteiger partial charge < -0.3 is 9.80 Å². The first-order valence-corrected chi connectivity index (χ1v) is 10.7. The lowest BCUT2D eigenvalue weighted by molar-refractivity contribution is -0.143. The number of likely N-dealkylation sites (tertiary alicyclic amines) is 2. The zero-order valence-corrected chi connectivity index (χ0v) is 17.0. The number of hydrogen-bond acceptors (Lipinski definition) is 4. The number of nitrogens with zero attached hydrogens (tertiary/aromatic N) is 4. The van der Waals surface area contributed by atoms with Gasteiger partial charge in [-0.15, -0.1) is 0 Å². The van der Waals surface area contributed by atoms with E-state index in [2.05, 4.69) is 19.7 Å². The van der Waals surface area contributed by atoms with E-state index in [-0.39, 0.29) is 11.3 Å². The summed E-state index contributed by atoms with van der Waals surface area (Å²) in [6.07, 6.45) is 9.88. The Morgan fingerprint density at radius 3 is 2.79 bits per heavy atom. The van der Waals surface area contributed by atoms with Crippen LogP contribution in [0.1, 0.15) is 44.1 Å². The predicted octanol–water partition coefficient (Wildman–Crippen LogP) is 2.15. The number of aromatic nitrogens is 1. The Bertz CT molecular complexity index is 706. The van der Waals surface area contributed by atoms with Gasteiger partial charge >= 0.3 is 0 Å². The number of rotatable bonds is 6. The maximum Gasteiger partial charge on any atom is 0.236 e. The van der Waals surface area contributed by atoms with E-state index < -0.39 is 0 Å². The fraction of sp³-hybridized carbons (Fsp3) is 0.682. The Morgan fingerprint density at radius 1 is 1.25 bits per heavy atom. The summed E-state index contributed by atoms with van der Waals surface area (Å²) in [6, 6.07) is 3.98. The molecule has 3 fully saturated rings. The molecule has 2 aliphatic heterocycles. The van der Waals surface area contributed by atoms with Crippen molar-refractivity contribution in [2.24, 2.45) is 11.3 Å². The molecular formula is C22H32N4O2. The molecule has 6 heteroatoms. The van der Waals surface area contributed by atoms with Crippen LogP contribution in [0, 0.1) is 11.3 Å². The van der Waals surface area contributed by atoms with Crippen molar-refractivity contribution in [1.82, 2.24) is 19.7 Å². The van der Waals surface area contributed by atoms with Gasteiger partial charge in [0, 0.05) is 57.0 Å². The first kappa shape index (κ1) is 19.4.